The molecule has 1 aromatic heterocycles. The molecular formula is C31H38N4O2S. The lowest BCUT2D eigenvalue weighted by Crippen LogP contribution is -2.41. The summed E-state index contributed by atoms with van der Waals surface area (Å²) < 4.78 is 10.3. The van der Waals surface area contributed by atoms with Crippen LogP contribution in [0.2, 0.25) is 0 Å². The Balaban J connectivity index is 1.55. The van der Waals surface area contributed by atoms with Crippen LogP contribution < -0.4 is 0 Å². The number of aromatic nitrogens is 2. The highest BCUT2D eigenvalue weighted by molar-refractivity contribution is 7.09. The molecule has 0 spiro atoms. The Bertz CT molecular complexity index is 1320. The van der Waals surface area contributed by atoms with Crippen LogP contribution in [-0.2, 0) is 17.6 Å². The van der Waals surface area contributed by atoms with Crippen LogP contribution in [0.15, 0.2) is 36.4 Å². The lowest BCUT2D eigenvalue weighted by atomic mass is 9.84. The van der Waals surface area contributed by atoms with E-state index in [1.165, 1.54) is 22.7 Å². The minimum absolute atomic E-state index is 0.226. The molecule has 1 aliphatic rings. The first-order chi connectivity index (χ1) is 18.1. The van der Waals surface area contributed by atoms with Gasteiger partial charge in [-0.05, 0) is 92.6 Å². The number of amides is 1. The molecule has 0 unspecified atom stereocenters. The van der Waals surface area contributed by atoms with Crippen molar-refractivity contribution in [3.63, 3.8) is 0 Å². The van der Waals surface area contributed by atoms with Gasteiger partial charge in [0.1, 0.15) is 10.6 Å². The van der Waals surface area contributed by atoms with Gasteiger partial charge in [0.25, 0.3) is 0 Å². The van der Waals surface area contributed by atoms with Gasteiger partial charge in [0.05, 0.1) is 11.6 Å². The quantitative estimate of drug-likeness (QED) is 0.327. The Kier molecular flexibility index (Phi) is 8.52. The standard InChI is InChI=1S/C31H38N4O2S/c1-7-25-26(21-13-15-35(16-14-21)30(36)37-31(4,5)6)9-8-10-27(25)28-33-29(38-34-28)23-12-11-22(17-20(2)3)24(18-23)19-32/h8-12,18,20-21H,7,13-17H2,1-6H3. The fraction of sp³-hybridized carbons (Fsp3) is 0.484. The second-order valence-corrected chi connectivity index (χ2v) is 12.2. The molecule has 0 saturated carbocycles. The highest BCUT2D eigenvalue weighted by atomic mass is 32.1. The number of hydrogen-bond acceptors (Lipinski definition) is 6. The first kappa shape index (κ1) is 27.8. The molecule has 1 fully saturated rings. The van der Waals surface area contributed by atoms with E-state index in [0.717, 1.165) is 53.2 Å². The van der Waals surface area contributed by atoms with Gasteiger partial charge >= 0.3 is 6.09 Å². The zero-order chi connectivity index (χ0) is 27.4. The maximum absolute atomic E-state index is 12.5. The van der Waals surface area contributed by atoms with Crippen molar-refractivity contribution in [2.75, 3.05) is 13.1 Å². The van der Waals surface area contributed by atoms with E-state index in [1.54, 1.807) is 0 Å². The maximum Gasteiger partial charge on any atom is 0.410 e. The number of hydrogen-bond donors (Lipinski definition) is 0. The number of benzene rings is 2. The van der Waals surface area contributed by atoms with Crippen LogP contribution in [0.25, 0.3) is 22.0 Å². The molecule has 4 rings (SSSR count). The molecule has 2 aromatic carbocycles. The number of carbonyl (C=O) groups is 1. The number of rotatable bonds is 6. The second-order valence-electron chi connectivity index (χ2n) is 11.5. The fourth-order valence-electron chi connectivity index (χ4n) is 5.17. The van der Waals surface area contributed by atoms with Gasteiger partial charge < -0.3 is 9.64 Å². The summed E-state index contributed by atoms with van der Waals surface area (Å²) in [6, 6.07) is 14.8. The normalized spacial score (nSPS) is 14.5. The lowest BCUT2D eigenvalue weighted by Gasteiger charge is -2.34. The second kappa shape index (κ2) is 11.7. The Morgan fingerprint density at radius 2 is 1.95 bits per heavy atom. The van der Waals surface area contributed by atoms with Crippen LogP contribution in [0.5, 0.6) is 0 Å². The summed E-state index contributed by atoms with van der Waals surface area (Å²) >= 11 is 1.38. The van der Waals surface area contributed by atoms with Crippen LogP contribution in [0.1, 0.15) is 82.6 Å². The fourth-order valence-corrected chi connectivity index (χ4v) is 5.84. The Morgan fingerprint density at radius 1 is 1.21 bits per heavy atom. The van der Waals surface area contributed by atoms with Crippen LogP contribution in [0.4, 0.5) is 4.79 Å². The Labute approximate surface area is 230 Å². The Morgan fingerprint density at radius 3 is 2.58 bits per heavy atom. The predicted molar refractivity (Wildman–Crippen MR) is 153 cm³/mol. The van der Waals surface area contributed by atoms with Crippen molar-refractivity contribution in [3.05, 3.63) is 58.7 Å². The summed E-state index contributed by atoms with van der Waals surface area (Å²) in [6.45, 7) is 13.6. The molecule has 3 aromatic rings. The molecule has 0 aliphatic carbocycles. The van der Waals surface area contributed by atoms with E-state index in [-0.39, 0.29) is 6.09 Å². The third-order valence-corrected chi connectivity index (χ3v) is 7.69. The minimum atomic E-state index is -0.483. The molecule has 7 heteroatoms. The number of carbonyl (C=O) groups excluding carboxylic acids is 1. The third-order valence-electron chi connectivity index (χ3n) is 6.92. The smallest absolute Gasteiger partial charge is 0.410 e. The van der Waals surface area contributed by atoms with E-state index in [9.17, 15) is 10.1 Å². The summed E-state index contributed by atoms with van der Waals surface area (Å²) in [5.74, 6) is 1.61. The first-order valence-electron chi connectivity index (χ1n) is 13.6. The molecule has 0 radical (unpaired) electrons. The van der Waals surface area contributed by atoms with Gasteiger partial charge in [-0.1, -0.05) is 51.1 Å². The molecule has 38 heavy (non-hydrogen) atoms. The third kappa shape index (κ3) is 6.42. The highest BCUT2D eigenvalue weighted by Gasteiger charge is 2.29. The average Bonchev–Trinajstić information content (AvgIpc) is 3.37. The van der Waals surface area contributed by atoms with Gasteiger partial charge in [0.15, 0.2) is 5.82 Å². The molecule has 2 heterocycles. The number of piperidine rings is 1. The summed E-state index contributed by atoms with van der Waals surface area (Å²) in [5.41, 5.74) is 5.91. The molecule has 0 atom stereocenters. The summed E-state index contributed by atoms with van der Waals surface area (Å²) in [4.78, 5) is 19.3. The van der Waals surface area contributed by atoms with Crippen molar-refractivity contribution in [2.45, 2.75) is 78.7 Å². The van der Waals surface area contributed by atoms with Crippen LogP contribution in [0, 0.1) is 17.2 Å². The maximum atomic E-state index is 12.5. The zero-order valence-electron chi connectivity index (χ0n) is 23.4. The zero-order valence-corrected chi connectivity index (χ0v) is 24.2. The van der Waals surface area contributed by atoms with E-state index >= 15 is 0 Å². The lowest BCUT2D eigenvalue weighted by molar-refractivity contribution is 0.0204. The van der Waals surface area contributed by atoms with Crippen molar-refractivity contribution in [1.82, 2.24) is 14.3 Å². The van der Waals surface area contributed by atoms with Gasteiger partial charge in [0, 0.05) is 24.2 Å². The number of likely N-dealkylation sites (tertiary alicyclic amines) is 1. The first-order valence-corrected chi connectivity index (χ1v) is 14.3. The van der Waals surface area contributed by atoms with Crippen molar-refractivity contribution in [1.29, 1.82) is 5.26 Å². The summed E-state index contributed by atoms with van der Waals surface area (Å²) in [7, 11) is 0. The molecule has 0 bridgehead atoms. The molecular weight excluding hydrogens is 492 g/mol. The summed E-state index contributed by atoms with van der Waals surface area (Å²) in [6.07, 6.45) is 3.36. The van der Waals surface area contributed by atoms with Gasteiger partial charge in [-0.15, -0.1) is 0 Å². The molecule has 200 valence electrons. The number of nitrogens with zero attached hydrogens (tertiary/aromatic N) is 4. The van der Waals surface area contributed by atoms with Gasteiger partial charge in [-0.25, -0.2) is 9.78 Å². The van der Waals surface area contributed by atoms with Crippen LogP contribution >= 0.6 is 11.5 Å². The van der Waals surface area contributed by atoms with Crippen LogP contribution in [-0.4, -0.2) is 39.0 Å². The van der Waals surface area contributed by atoms with Crippen molar-refractivity contribution >= 4 is 17.6 Å². The van der Waals surface area contributed by atoms with Crippen molar-refractivity contribution in [3.8, 4) is 28.0 Å². The van der Waals surface area contributed by atoms with E-state index < -0.39 is 5.60 Å². The molecule has 1 saturated heterocycles. The number of nitriles is 1. The van der Waals surface area contributed by atoms with Gasteiger partial charge in [-0.3, -0.25) is 0 Å². The highest BCUT2D eigenvalue weighted by Crippen LogP contribution is 2.36. The minimum Gasteiger partial charge on any atom is -0.444 e. The Hall–Kier alpha value is -3.24. The SMILES string of the molecule is CCc1c(-c2nsc(-c3ccc(CC(C)C)c(C#N)c3)n2)cccc1C1CCN(C(=O)OC(C)(C)C)CC1. The topological polar surface area (TPSA) is 79.1 Å². The van der Waals surface area contributed by atoms with Crippen LogP contribution in [0.3, 0.4) is 0 Å². The van der Waals surface area contributed by atoms with E-state index in [4.69, 9.17) is 14.1 Å². The van der Waals surface area contributed by atoms with Crippen molar-refractivity contribution in [2.24, 2.45) is 5.92 Å². The van der Waals surface area contributed by atoms with Crippen molar-refractivity contribution < 1.29 is 9.53 Å². The predicted octanol–water partition coefficient (Wildman–Crippen LogP) is 7.62. The molecule has 0 N–H and O–H groups in total. The van der Waals surface area contributed by atoms with E-state index in [1.807, 2.05) is 31.7 Å². The summed E-state index contributed by atoms with van der Waals surface area (Å²) in [5, 5.41) is 10.5. The monoisotopic (exact) mass is 530 g/mol. The molecule has 6 nitrogen and oxygen atoms in total. The molecule has 1 amide bonds. The van der Waals surface area contributed by atoms with E-state index in [2.05, 4.69) is 57.2 Å². The number of ether oxygens (including phenoxy) is 1. The van der Waals surface area contributed by atoms with Gasteiger partial charge in [-0.2, -0.15) is 9.64 Å². The average molecular weight is 531 g/mol. The van der Waals surface area contributed by atoms with Gasteiger partial charge in [0.2, 0.25) is 0 Å². The molecule has 1 aliphatic heterocycles. The van der Waals surface area contributed by atoms with E-state index in [0.29, 0.717) is 30.5 Å². The largest absolute Gasteiger partial charge is 0.444 e.